The predicted molar refractivity (Wildman–Crippen MR) is 86.2 cm³/mol. The first kappa shape index (κ1) is 17.3. The van der Waals surface area contributed by atoms with Gasteiger partial charge in [0.05, 0.1) is 6.54 Å². The Hall–Kier alpha value is -2.06. The first-order valence-electron chi connectivity index (χ1n) is 7.75. The Morgan fingerprint density at radius 3 is 2.70 bits per heavy atom. The molecule has 0 aromatic rings. The average Bonchev–Trinajstić information content (AvgIpc) is 2.52. The van der Waals surface area contributed by atoms with Gasteiger partial charge in [0.2, 0.25) is 11.8 Å². The third kappa shape index (κ3) is 4.23. The molecule has 2 aliphatic heterocycles. The second-order valence-electron chi connectivity index (χ2n) is 5.58. The number of rotatable bonds is 6. The summed E-state index contributed by atoms with van der Waals surface area (Å²) in [6, 6.07) is -0.704. The van der Waals surface area contributed by atoms with Gasteiger partial charge in [-0.25, -0.2) is 4.79 Å². The fourth-order valence-electron chi connectivity index (χ4n) is 2.68. The highest BCUT2D eigenvalue weighted by molar-refractivity contribution is 6.27. The van der Waals surface area contributed by atoms with E-state index in [1.165, 1.54) is 6.08 Å². The van der Waals surface area contributed by atoms with Crippen LogP contribution in [0.4, 0.5) is 4.79 Å². The molecule has 0 bridgehead atoms. The maximum atomic E-state index is 12.3. The Morgan fingerprint density at radius 2 is 2.04 bits per heavy atom. The number of carbonyl (C=O) groups excluding carboxylic acids is 3. The fraction of sp³-hybridized carbons (Fsp3) is 0.600. The molecule has 23 heavy (non-hydrogen) atoms. The Labute approximate surface area is 135 Å². The zero-order valence-corrected chi connectivity index (χ0v) is 13.4. The first-order valence-corrected chi connectivity index (χ1v) is 7.75. The molecule has 0 aliphatic carbocycles. The summed E-state index contributed by atoms with van der Waals surface area (Å²) in [5, 5.41) is 5.47. The van der Waals surface area contributed by atoms with E-state index in [0.717, 1.165) is 37.6 Å². The van der Waals surface area contributed by atoms with Gasteiger partial charge in [-0.15, -0.1) is 6.58 Å². The largest absolute Gasteiger partial charge is 0.331 e. The minimum Gasteiger partial charge on any atom is -0.314 e. The van der Waals surface area contributed by atoms with Crippen LogP contribution in [0.1, 0.15) is 6.92 Å². The van der Waals surface area contributed by atoms with Crippen LogP contribution in [0.25, 0.3) is 0 Å². The second-order valence-corrected chi connectivity index (χ2v) is 5.58. The van der Waals surface area contributed by atoms with E-state index in [-0.39, 0.29) is 6.54 Å². The van der Waals surface area contributed by atoms with E-state index in [1.54, 1.807) is 6.92 Å². The fourth-order valence-corrected chi connectivity index (χ4v) is 2.68. The average molecular weight is 321 g/mol. The van der Waals surface area contributed by atoms with Gasteiger partial charge in [0.25, 0.3) is 0 Å². The van der Waals surface area contributed by atoms with Gasteiger partial charge >= 0.3 is 6.03 Å². The molecule has 1 atom stereocenters. The molecule has 0 aromatic heterocycles. The topological polar surface area (TPSA) is 94.1 Å². The van der Waals surface area contributed by atoms with Gasteiger partial charge in [-0.05, 0) is 6.92 Å². The number of urea groups is 1. The lowest BCUT2D eigenvalue weighted by molar-refractivity contribution is -0.139. The Bertz CT molecular complexity index is 525. The van der Waals surface area contributed by atoms with E-state index in [9.17, 15) is 14.4 Å². The molecule has 2 aliphatic rings. The maximum absolute atomic E-state index is 12.3. The molecule has 2 fully saturated rings. The van der Waals surface area contributed by atoms with Crippen LogP contribution in [0.5, 0.6) is 0 Å². The van der Waals surface area contributed by atoms with Crippen molar-refractivity contribution in [3.63, 3.8) is 0 Å². The van der Waals surface area contributed by atoms with Crippen LogP contribution in [-0.4, -0.2) is 79.2 Å². The SMILES string of the molecule is C=CCN1C(=O)NC(=O)C(C(C)=NCCN2CCNCC2)C1=O. The normalized spacial score (nSPS) is 23.9. The predicted octanol–water partition coefficient (Wildman–Crippen LogP) is -0.767. The molecule has 2 heterocycles. The molecule has 2 rings (SSSR count). The summed E-state index contributed by atoms with van der Waals surface area (Å²) in [5.41, 5.74) is 0.434. The third-order valence-electron chi connectivity index (χ3n) is 3.97. The number of aliphatic imine (C=N–C) groups is 1. The van der Waals surface area contributed by atoms with Gasteiger partial charge in [0.1, 0.15) is 0 Å². The number of hydrogen-bond acceptors (Lipinski definition) is 6. The Kier molecular flexibility index (Phi) is 6.00. The second kappa shape index (κ2) is 7.98. The number of imide groups is 2. The molecule has 8 heteroatoms. The van der Waals surface area contributed by atoms with Gasteiger partial charge in [0, 0.05) is 45.0 Å². The zero-order valence-electron chi connectivity index (χ0n) is 13.4. The highest BCUT2D eigenvalue weighted by Gasteiger charge is 2.41. The summed E-state index contributed by atoms with van der Waals surface area (Å²) in [6.45, 7) is 10.4. The molecule has 4 amide bonds. The molecule has 0 aromatic carbocycles. The Balaban J connectivity index is 1.97. The molecule has 126 valence electrons. The molecule has 0 saturated carbocycles. The molecule has 2 saturated heterocycles. The van der Waals surface area contributed by atoms with E-state index in [2.05, 4.69) is 27.1 Å². The smallest absolute Gasteiger partial charge is 0.314 e. The van der Waals surface area contributed by atoms with Gasteiger partial charge in [-0.3, -0.25) is 29.7 Å². The lowest BCUT2D eigenvalue weighted by Gasteiger charge is -2.29. The van der Waals surface area contributed by atoms with Crippen molar-refractivity contribution in [3.05, 3.63) is 12.7 Å². The summed E-state index contributed by atoms with van der Waals surface area (Å²) < 4.78 is 0. The summed E-state index contributed by atoms with van der Waals surface area (Å²) in [4.78, 5) is 43.6. The third-order valence-corrected chi connectivity index (χ3v) is 3.97. The van der Waals surface area contributed by atoms with Gasteiger partial charge in [0.15, 0.2) is 5.92 Å². The molecule has 0 spiro atoms. The highest BCUT2D eigenvalue weighted by atomic mass is 16.2. The van der Waals surface area contributed by atoms with Crippen LogP contribution < -0.4 is 10.6 Å². The number of piperazine rings is 1. The quantitative estimate of drug-likeness (QED) is 0.381. The van der Waals surface area contributed by atoms with Crippen molar-refractivity contribution >= 4 is 23.6 Å². The van der Waals surface area contributed by atoms with Gasteiger partial charge in [-0.1, -0.05) is 6.08 Å². The minimum absolute atomic E-state index is 0.0719. The summed E-state index contributed by atoms with van der Waals surface area (Å²) in [7, 11) is 0. The minimum atomic E-state index is -1.03. The van der Waals surface area contributed by atoms with Crippen molar-refractivity contribution in [1.29, 1.82) is 0 Å². The van der Waals surface area contributed by atoms with Crippen LogP contribution in [0, 0.1) is 5.92 Å². The van der Waals surface area contributed by atoms with Crippen molar-refractivity contribution in [3.8, 4) is 0 Å². The van der Waals surface area contributed by atoms with Crippen LogP contribution in [0.2, 0.25) is 0 Å². The van der Waals surface area contributed by atoms with Crippen molar-refractivity contribution < 1.29 is 14.4 Å². The summed E-state index contributed by atoms with van der Waals surface area (Å²) in [6.07, 6.45) is 1.45. The van der Waals surface area contributed by atoms with Crippen molar-refractivity contribution in [1.82, 2.24) is 20.4 Å². The number of nitrogens with one attached hydrogen (secondary N) is 2. The van der Waals surface area contributed by atoms with Gasteiger partial charge in [-0.2, -0.15) is 0 Å². The molecule has 1 unspecified atom stereocenters. The summed E-state index contributed by atoms with van der Waals surface area (Å²) >= 11 is 0. The van der Waals surface area contributed by atoms with Crippen LogP contribution in [-0.2, 0) is 9.59 Å². The van der Waals surface area contributed by atoms with Crippen molar-refractivity contribution in [2.75, 3.05) is 45.8 Å². The lowest BCUT2D eigenvalue weighted by Crippen LogP contribution is -2.59. The molecule has 8 nitrogen and oxygen atoms in total. The first-order chi connectivity index (χ1) is 11.0. The van der Waals surface area contributed by atoms with Crippen LogP contribution in [0.3, 0.4) is 0 Å². The Morgan fingerprint density at radius 1 is 1.35 bits per heavy atom. The number of amides is 4. The molecule has 2 N–H and O–H groups in total. The van der Waals surface area contributed by atoms with E-state index in [0.29, 0.717) is 12.3 Å². The van der Waals surface area contributed by atoms with E-state index in [1.807, 2.05) is 0 Å². The number of nitrogens with zero attached hydrogens (tertiary/aromatic N) is 3. The number of barbiturate groups is 1. The van der Waals surface area contributed by atoms with Crippen molar-refractivity contribution in [2.45, 2.75) is 6.92 Å². The monoisotopic (exact) mass is 321 g/mol. The van der Waals surface area contributed by atoms with E-state index < -0.39 is 23.8 Å². The van der Waals surface area contributed by atoms with Crippen molar-refractivity contribution in [2.24, 2.45) is 10.9 Å². The van der Waals surface area contributed by atoms with E-state index >= 15 is 0 Å². The summed E-state index contributed by atoms with van der Waals surface area (Å²) in [5.74, 6) is -2.18. The standard InChI is InChI=1S/C15H23N5O3/c1-3-7-20-14(22)12(13(21)18-15(20)23)11(2)17-6-10-19-8-4-16-5-9-19/h3,12,16H,1,4-10H2,2H3,(H,18,21,23). The van der Waals surface area contributed by atoms with Crippen LogP contribution in [0.15, 0.2) is 17.6 Å². The maximum Gasteiger partial charge on any atom is 0.331 e. The molecular weight excluding hydrogens is 298 g/mol. The lowest BCUT2D eigenvalue weighted by atomic mass is 9.99. The van der Waals surface area contributed by atoms with E-state index in [4.69, 9.17) is 0 Å². The zero-order chi connectivity index (χ0) is 16.8. The van der Waals surface area contributed by atoms with Gasteiger partial charge < -0.3 is 5.32 Å². The highest BCUT2D eigenvalue weighted by Crippen LogP contribution is 2.13. The number of carbonyl (C=O) groups is 3. The molecule has 0 radical (unpaired) electrons. The number of hydrogen-bond donors (Lipinski definition) is 2. The molecular formula is C15H23N5O3. The van der Waals surface area contributed by atoms with Crippen LogP contribution >= 0.6 is 0 Å².